The zero-order chi connectivity index (χ0) is 16.1. The highest BCUT2D eigenvalue weighted by atomic mass is 35.5. The van der Waals surface area contributed by atoms with Crippen molar-refractivity contribution in [2.45, 2.75) is 26.2 Å². The van der Waals surface area contributed by atoms with Gasteiger partial charge in [-0.25, -0.2) is 0 Å². The van der Waals surface area contributed by atoms with E-state index in [4.69, 9.17) is 16.3 Å². The molecule has 1 unspecified atom stereocenters. The SMILES string of the molecule is Cc1cc(OCCC(C(=O)O)c2ccccc2C)ccc1Cl. The molecule has 0 aromatic heterocycles. The van der Waals surface area contributed by atoms with Crippen LogP contribution in [-0.4, -0.2) is 17.7 Å². The molecule has 1 atom stereocenters. The molecule has 116 valence electrons. The smallest absolute Gasteiger partial charge is 0.311 e. The van der Waals surface area contributed by atoms with Crippen LogP contribution in [0.2, 0.25) is 5.02 Å². The number of hydrogen-bond acceptors (Lipinski definition) is 2. The van der Waals surface area contributed by atoms with E-state index in [0.29, 0.717) is 23.8 Å². The Morgan fingerprint density at radius 3 is 2.55 bits per heavy atom. The summed E-state index contributed by atoms with van der Waals surface area (Å²) in [5.74, 6) is -0.685. The molecular formula is C18H19ClO3. The minimum atomic E-state index is -0.829. The van der Waals surface area contributed by atoms with Gasteiger partial charge in [0, 0.05) is 5.02 Å². The van der Waals surface area contributed by atoms with Gasteiger partial charge >= 0.3 is 5.97 Å². The number of carbonyl (C=O) groups is 1. The summed E-state index contributed by atoms with van der Waals surface area (Å²) < 4.78 is 5.66. The normalized spacial score (nSPS) is 12.0. The number of ether oxygens (including phenoxy) is 1. The van der Waals surface area contributed by atoms with Crippen molar-refractivity contribution in [2.24, 2.45) is 0 Å². The van der Waals surface area contributed by atoms with Crippen molar-refractivity contribution in [3.8, 4) is 5.75 Å². The van der Waals surface area contributed by atoms with Crippen molar-refractivity contribution >= 4 is 17.6 Å². The quantitative estimate of drug-likeness (QED) is 0.847. The van der Waals surface area contributed by atoms with Crippen LogP contribution in [0.5, 0.6) is 5.75 Å². The number of aliphatic carboxylic acids is 1. The Hall–Kier alpha value is -2.00. The molecule has 0 saturated carbocycles. The monoisotopic (exact) mass is 318 g/mol. The summed E-state index contributed by atoms with van der Waals surface area (Å²) >= 11 is 5.97. The second-order valence-electron chi connectivity index (χ2n) is 5.30. The van der Waals surface area contributed by atoms with Crippen LogP contribution in [0, 0.1) is 13.8 Å². The molecule has 0 spiro atoms. The van der Waals surface area contributed by atoms with E-state index in [1.54, 1.807) is 12.1 Å². The third kappa shape index (κ3) is 4.01. The zero-order valence-corrected chi connectivity index (χ0v) is 13.4. The van der Waals surface area contributed by atoms with Gasteiger partial charge in [-0.2, -0.15) is 0 Å². The van der Waals surface area contributed by atoms with Crippen LogP contribution in [0.25, 0.3) is 0 Å². The summed E-state index contributed by atoms with van der Waals surface area (Å²) in [7, 11) is 0. The van der Waals surface area contributed by atoms with Gasteiger partial charge in [0.05, 0.1) is 12.5 Å². The highest BCUT2D eigenvalue weighted by Gasteiger charge is 2.21. The predicted octanol–water partition coefficient (Wildman–Crippen LogP) is 4.59. The Morgan fingerprint density at radius 2 is 1.91 bits per heavy atom. The second-order valence-corrected chi connectivity index (χ2v) is 5.70. The standard InChI is InChI=1S/C18H19ClO3/c1-12-5-3-4-6-15(12)16(18(20)21)9-10-22-14-7-8-17(19)13(2)11-14/h3-8,11,16H,9-10H2,1-2H3,(H,20,21). The fourth-order valence-corrected chi connectivity index (χ4v) is 2.51. The lowest BCUT2D eigenvalue weighted by Crippen LogP contribution is -2.16. The van der Waals surface area contributed by atoms with Gasteiger partial charge in [-0.15, -0.1) is 0 Å². The van der Waals surface area contributed by atoms with Crippen LogP contribution >= 0.6 is 11.6 Å². The second kappa shape index (κ2) is 7.32. The fourth-order valence-electron chi connectivity index (χ4n) is 2.39. The van der Waals surface area contributed by atoms with Crippen molar-refractivity contribution in [2.75, 3.05) is 6.61 Å². The van der Waals surface area contributed by atoms with Gasteiger partial charge in [0.2, 0.25) is 0 Å². The number of halogens is 1. The number of benzene rings is 2. The molecule has 2 aromatic rings. The van der Waals surface area contributed by atoms with Gasteiger partial charge in [0.1, 0.15) is 5.75 Å². The molecule has 0 radical (unpaired) electrons. The molecule has 0 amide bonds. The molecule has 0 saturated heterocycles. The summed E-state index contributed by atoms with van der Waals surface area (Å²) in [6, 6.07) is 13.0. The number of aryl methyl sites for hydroxylation is 2. The zero-order valence-electron chi connectivity index (χ0n) is 12.7. The maximum atomic E-state index is 11.5. The van der Waals surface area contributed by atoms with Crippen molar-refractivity contribution < 1.29 is 14.6 Å². The molecule has 2 aromatic carbocycles. The minimum Gasteiger partial charge on any atom is -0.494 e. The third-order valence-electron chi connectivity index (χ3n) is 3.67. The topological polar surface area (TPSA) is 46.5 Å². The van der Waals surface area contributed by atoms with E-state index in [2.05, 4.69) is 0 Å². The first-order valence-corrected chi connectivity index (χ1v) is 7.54. The number of carboxylic acid groups (broad SMARTS) is 1. The van der Waals surface area contributed by atoms with E-state index in [9.17, 15) is 9.90 Å². The molecule has 1 N–H and O–H groups in total. The van der Waals surface area contributed by atoms with E-state index >= 15 is 0 Å². The van der Waals surface area contributed by atoms with E-state index in [1.807, 2.05) is 44.2 Å². The van der Waals surface area contributed by atoms with E-state index < -0.39 is 11.9 Å². The lowest BCUT2D eigenvalue weighted by molar-refractivity contribution is -0.139. The minimum absolute atomic E-state index is 0.340. The van der Waals surface area contributed by atoms with Crippen molar-refractivity contribution in [3.63, 3.8) is 0 Å². The van der Waals surface area contributed by atoms with Gasteiger partial charge in [-0.05, 0) is 55.2 Å². The lowest BCUT2D eigenvalue weighted by atomic mass is 9.92. The molecule has 0 heterocycles. The third-order valence-corrected chi connectivity index (χ3v) is 4.09. The molecule has 0 aliphatic carbocycles. The Kier molecular flexibility index (Phi) is 5.45. The fraction of sp³-hybridized carbons (Fsp3) is 0.278. The maximum Gasteiger partial charge on any atom is 0.311 e. The van der Waals surface area contributed by atoms with Gasteiger partial charge in [0.15, 0.2) is 0 Å². The van der Waals surface area contributed by atoms with Crippen LogP contribution in [0.15, 0.2) is 42.5 Å². The summed E-state index contributed by atoms with van der Waals surface area (Å²) in [6.45, 7) is 4.17. The highest BCUT2D eigenvalue weighted by Crippen LogP contribution is 2.25. The largest absolute Gasteiger partial charge is 0.494 e. The Bertz CT molecular complexity index is 667. The summed E-state index contributed by atoms with van der Waals surface area (Å²) in [5, 5.41) is 10.1. The summed E-state index contributed by atoms with van der Waals surface area (Å²) in [4.78, 5) is 11.5. The number of hydrogen-bond donors (Lipinski definition) is 1. The van der Waals surface area contributed by atoms with Crippen LogP contribution < -0.4 is 4.74 Å². The maximum absolute atomic E-state index is 11.5. The molecule has 0 fully saturated rings. The highest BCUT2D eigenvalue weighted by molar-refractivity contribution is 6.31. The van der Waals surface area contributed by atoms with Crippen LogP contribution in [-0.2, 0) is 4.79 Å². The molecule has 3 nitrogen and oxygen atoms in total. The number of rotatable bonds is 6. The average molecular weight is 319 g/mol. The molecule has 4 heteroatoms. The van der Waals surface area contributed by atoms with Crippen molar-refractivity contribution in [1.29, 1.82) is 0 Å². The van der Waals surface area contributed by atoms with E-state index in [-0.39, 0.29) is 0 Å². The van der Waals surface area contributed by atoms with E-state index in [0.717, 1.165) is 16.7 Å². The summed E-state index contributed by atoms with van der Waals surface area (Å²) in [5.41, 5.74) is 2.76. The predicted molar refractivity (Wildman–Crippen MR) is 87.9 cm³/mol. The van der Waals surface area contributed by atoms with Crippen LogP contribution in [0.4, 0.5) is 0 Å². The summed E-state index contributed by atoms with van der Waals surface area (Å²) in [6.07, 6.45) is 0.419. The van der Waals surface area contributed by atoms with Crippen LogP contribution in [0.3, 0.4) is 0 Å². The van der Waals surface area contributed by atoms with Crippen molar-refractivity contribution in [1.82, 2.24) is 0 Å². The Balaban J connectivity index is 2.02. The molecule has 0 aliphatic heterocycles. The molecular weight excluding hydrogens is 300 g/mol. The number of carboxylic acids is 1. The average Bonchev–Trinajstić information content (AvgIpc) is 2.48. The molecule has 0 bridgehead atoms. The van der Waals surface area contributed by atoms with E-state index in [1.165, 1.54) is 0 Å². The van der Waals surface area contributed by atoms with Gasteiger partial charge in [-0.3, -0.25) is 4.79 Å². The first-order chi connectivity index (χ1) is 10.5. The molecule has 0 aliphatic rings. The van der Waals surface area contributed by atoms with Gasteiger partial charge in [0.25, 0.3) is 0 Å². The van der Waals surface area contributed by atoms with Crippen LogP contribution in [0.1, 0.15) is 29.0 Å². The van der Waals surface area contributed by atoms with Gasteiger partial charge < -0.3 is 9.84 Å². The van der Waals surface area contributed by atoms with Gasteiger partial charge in [-0.1, -0.05) is 35.9 Å². The first kappa shape index (κ1) is 16.4. The molecule has 2 rings (SSSR count). The Labute approximate surface area is 135 Å². The lowest BCUT2D eigenvalue weighted by Gasteiger charge is -2.16. The van der Waals surface area contributed by atoms with Crippen molar-refractivity contribution in [3.05, 3.63) is 64.2 Å². The Morgan fingerprint density at radius 1 is 1.18 bits per heavy atom. The first-order valence-electron chi connectivity index (χ1n) is 7.16. The molecule has 22 heavy (non-hydrogen) atoms.